The van der Waals surface area contributed by atoms with Crippen LogP contribution < -0.4 is 5.73 Å². The first-order valence-corrected chi connectivity index (χ1v) is 10.2. The van der Waals surface area contributed by atoms with Gasteiger partial charge in [-0.1, -0.05) is 12.1 Å². The second kappa shape index (κ2) is 6.50. The van der Waals surface area contributed by atoms with Crippen LogP contribution in [-0.2, 0) is 0 Å². The lowest BCUT2D eigenvalue weighted by molar-refractivity contribution is 1.11. The van der Waals surface area contributed by atoms with Crippen LogP contribution in [0.25, 0.3) is 55.2 Å². The van der Waals surface area contributed by atoms with Crippen molar-refractivity contribution in [3.63, 3.8) is 0 Å². The Bertz CT molecular complexity index is 1510. The quantitative estimate of drug-likeness (QED) is 0.386. The Kier molecular flexibility index (Phi) is 3.65. The summed E-state index contributed by atoms with van der Waals surface area (Å²) < 4.78 is 0. The fourth-order valence-electron chi connectivity index (χ4n) is 3.63. The van der Waals surface area contributed by atoms with Crippen molar-refractivity contribution in [2.45, 2.75) is 0 Å². The highest BCUT2D eigenvalue weighted by Crippen LogP contribution is 2.33. The molecule has 7 nitrogen and oxygen atoms in total. The third-order valence-corrected chi connectivity index (χ3v) is 5.91. The van der Waals surface area contributed by atoms with Crippen LogP contribution in [0.2, 0.25) is 0 Å². The number of pyridine rings is 2. The molecule has 1 aromatic carbocycles. The fourth-order valence-corrected chi connectivity index (χ4v) is 4.35. The summed E-state index contributed by atoms with van der Waals surface area (Å²) >= 11 is 1.65. The third-order valence-electron chi connectivity index (χ3n) is 5.04. The maximum Gasteiger partial charge on any atom is 0.159 e. The SMILES string of the molecule is Nc1cncc(-c2ccc3[nH]nc(-c4nc5c(-c6cccs6)nccc5[nH]4)c3c2)c1. The molecule has 0 radical (unpaired) electrons. The molecule has 4 N–H and O–H groups in total. The van der Waals surface area contributed by atoms with Crippen LogP contribution >= 0.6 is 11.3 Å². The van der Waals surface area contributed by atoms with Gasteiger partial charge in [0.05, 0.1) is 21.6 Å². The molecule has 0 saturated heterocycles. The number of thiophene rings is 1. The molecule has 8 heteroatoms. The zero-order valence-electron chi connectivity index (χ0n) is 15.6. The normalized spacial score (nSPS) is 11.5. The minimum atomic E-state index is 0.630. The molecule has 5 aromatic heterocycles. The minimum absolute atomic E-state index is 0.630. The van der Waals surface area contributed by atoms with Crippen LogP contribution in [0, 0.1) is 0 Å². The van der Waals surface area contributed by atoms with Gasteiger partial charge in [-0.3, -0.25) is 15.1 Å². The average Bonchev–Trinajstić information content (AvgIpc) is 3.51. The highest BCUT2D eigenvalue weighted by Gasteiger charge is 2.16. The number of nitrogen functional groups attached to an aromatic ring is 1. The lowest BCUT2D eigenvalue weighted by Crippen LogP contribution is -1.88. The van der Waals surface area contributed by atoms with Crippen molar-refractivity contribution in [1.82, 2.24) is 30.1 Å². The van der Waals surface area contributed by atoms with Gasteiger partial charge in [-0.15, -0.1) is 11.3 Å². The number of benzene rings is 1. The third kappa shape index (κ3) is 2.66. The van der Waals surface area contributed by atoms with Crippen LogP contribution in [0.15, 0.2) is 66.4 Å². The molecule has 0 fully saturated rings. The van der Waals surface area contributed by atoms with E-state index in [1.165, 1.54) is 0 Å². The molecule has 0 unspecified atom stereocenters. The molecule has 6 rings (SSSR count). The molecule has 30 heavy (non-hydrogen) atoms. The molecule has 0 bridgehead atoms. The van der Waals surface area contributed by atoms with Gasteiger partial charge in [0.1, 0.15) is 16.9 Å². The van der Waals surface area contributed by atoms with Gasteiger partial charge in [0.15, 0.2) is 5.82 Å². The molecule has 5 heterocycles. The van der Waals surface area contributed by atoms with Crippen LogP contribution in [0.4, 0.5) is 5.69 Å². The summed E-state index contributed by atoms with van der Waals surface area (Å²) in [4.78, 5) is 18.1. The maximum absolute atomic E-state index is 5.91. The Balaban J connectivity index is 1.52. The predicted octanol–water partition coefficient (Wildman–Crippen LogP) is 4.87. The largest absolute Gasteiger partial charge is 0.397 e. The number of H-pyrrole nitrogens is 2. The molecule has 0 saturated carbocycles. The Labute approximate surface area is 174 Å². The van der Waals surface area contributed by atoms with Crippen LogP contribution in [0.3, 0.4) is 0 Å². The zero-order valence-corrected chi connectivity index (χ0v) is 16.4. The number of nitrogens with two attached hydrogens (primary N) is 1. The highest BCUT2D eigenvalue weighted by atomic mass is 32.1. The van der Waals surface area contributed by atoms with Crippen molar-refractivity contribution >= 4 is 39.0 Å². The van der Waals surface area contributed by atoms with Gasteiger partial charge in [0, 0.05) is 29.5 Å². The topological polar surface area (TPSA) is 109 Å². The Morgan fingerprint density at radius 2 is 1.90 bits per heavy atom. The van der Waals surface area contributed by atoms with E-state index >= 15 is 0 Å². The summed E-state index contributed by atoms with van der Waals surface area (Å²) in [7, 11) is 0. The number of rotatable bonds is 3. The molecule has 0 spiro atoms. The Morgan fingerprint density at radius 3 is 2.77 bits per heavy atom. The lowest BCUT2D eigenvalue weighted by atomic mass is 10.0. The average molecular weight is 409 g/mol. The first-order chi connectivity index (χ1) is 14.8. The van der Waals surface area contributed by atoms with E-state index in [1.54, 1.807) is 29.9 Å². The molecule has 0 atom stereocenters. The zero-order chi connectivity index (χ0) is 20.1. The standard InChI is InChI=1S/C22H15N7S/c23-14-8-13(10-24-11-14)12-3-4-16-15(9-12)19(29-28-16)22-26-17-5-6-25-21(20(17)27-22)18-2-1-7-30-18/h1-11H,23H2,(H,26,27)(H,28,29). The summed E-state index contributed by atoms with van der Waals surface area (Å²) in [5, 5.41) is 10.6. The van der Waals surface area contributed by atoms with E-state index in [9.17, 15) is 0 Å². The summed E-state index contributed by atoms with van der Waals surface area (Å²) in [6.45, 7) is 0. The van der Waals surface area contributed by atoms with E-state index in [0.29, 0.717) is 11.5 Å². The maximum atomic E-state index is 5.91. The molecule has 144 valence electrons. The fraction of sp³-hybridized carbons (Fsp3) is 0. The number of anilines is 1. The molecule has 0 amide bonds. The van der Waals surface area contributed by atoms with Crippen molar-refractivity contribution in [1.29, 1.82) is 0 Å². The molecule has 0 aliphatic rings. The predicted molar refractivity (Wildman–Crippen MR) is 120 cm³/mol. The van der Waals surface area contributed by atoms with Gasteiger partial charge in [-0.2, -0.15) is 5.10 Å². The molecule has 0 aliphatic carbocycles. The van der Waals surface area contributed by atoms with Crippen molar-refractivity contribution in [2.24, 2.45) is 0 Å². The van der Waals surface area contributed by atoms with Gasteiger partial charge in [0.2, 0.25) is 0 Å². The molecule has 0 aliphatic heterocycles. The number of imidazole rings is 1. The molecular weight excluding hydrogens is 394 g/mol. The Hall–Kier alpha value is -4.04. The van der Waals surface area contributed by atoms with Crippen molar-refractivity contribution in [3.05, 3.63) is 66.4 Å². The highest BCUT2D eigenvalue weighted by molar-refractivity contribution is 7.13. The second-order valence-corrected chi connectivity index (χ2v) is 7.91. The van der Waals surface area contributed by atoms with Crippen molar-refractivity contribution < 1.29 is 0 Å². The number of nitrogens with one attached hydrogen (secondary N) is 2. The summed E-state index contributed by atoms with van der Waals surface area (Å²) in [6.07, 6.45) is 5.24. The van der Waals surface area contributed by atoms with Crippen LogP contribution in [0.1, 0.15) is 0 Å². The molecular formula is C22H15N7S. The lowest BCUT2D eigenvalue weighted by Gasteiger charge is -2.03. The Morgan fingerprint density at radius 1 is 0.933 bits per heavy atom. The summed E-state index contributed by atoms with van der Waals surface area (Å²) in [5.74, 6) is 0.699. The van der Waals surface area contributed by atoms with Gasteiger partial charge in [-0.05, 0) is 41.3 Å². The molecule has 6 aromatic rings. The number of aromatic nitrogens is 6. The number of hydrogen-bond acceptors (Lipinski definition) is 6. The van der Waals surface area contributed by atoms with Gasteiger partial charge < -0.3 is 10.7 Å². The van der Waals surface area contributed by atoms with E-state index in [0.717, 1.165) is 49.3 Å². The second-order valence-electron chi connectivity index (χ2n) is 6.96. The van der Waals surface area contributed by atoms with E-state index in [1.807, 2.05) is 35.7 Å². The number of fused-ring (bicyclic) bond motifs is 2. The first kappa shape index (κ1) is 16.9. The summed E-state index contributed by atoms with van der Waals surface area (Å²) in [6, 6.07) is 14.0. The van der Waals surface area contributed by atoms with Crippen molar-refractivity contribution in [2.75, 3.05) is 5.73 Å². The number of aromatic amines is 2. The number of nitrogens with zero attached hydrogens (tertiary/aromatic N) is 4. The van der Waals surface area contributed by atoms with Crippen LogP contribution in [0.5, 0.6) is 0 Å². The van der Waals surface area contributed by atoms with Gasteiger partial charge in [0.25, 0.3) is 0 Å². The van der Waals surface area contributed by atoms with E-state index in [2.05, 4.69) is 37.3 Å². The summed E-state index contributed by atoms with van der Waals surface area (Å²) in [5.41, 5.74) is 12.8. The number of hydrogen-bond donors (Lipinski definition) is 3. The smallest absolute Gasteiger partial charge is 0.159 e. The van der Waals surface area contributed by atoms with Gasteiger partial charge >= 0.3 is 0 Å². The van der Waals surface area contributed by atoms with Crippen LogP contribution in [-0.4, -0.2) is 30.1 Å². The van der Waals surface area contributed by atoms with Crippen molar-refractivity contribution in [3.8, 4) is 33.2 Å². The van der Waals surface area contributed by atoms with E-state index in [4.69, 9.17) is 10.7 Å². The monoisotopic (exact) mass is 409 g/mol. The van der Waals surface area contributed by atoms with E-state index in [-0.39, 0.29) is 0 Å². The first-order valence-electron chi connectivity index (χ1n) is 9.34. The minimum Gasteiger partial charge on any atom is -0.397 e. The van der Waals surface area contributed by atoms with Gasteiger partial charge in [-0.25, -0.2) is 4.98 Å². The van der Waals surface area contributed by atoms with E-state index < -0.39 is 0 Å².